The number of ketones is 1. The van der Waals surface area contributed by atoms with Crippen molar-refractivity contribution in [2.24, 2.45) is 0 Å². The number of carbonyl (C=O) groups excluding carboxylic acids is 1. The largest absolute Gasteiger partial charge is 0.371 e. The number of benzene rings is 2. The summed E-state index contributed by atoms with van der Waals surface area (Å²) in [5.74, 6) is 0.101. The third kappa shape index (κ3) is 2.07. The Kier molecular flexibility index (Phi) is 3.25. The molecule has 1 aromatic heterocycles. The summed E-state index contributed by atoms with van der Waals surface area (Å²) in [6, 6.07) is 16.3. The minimum absolute atomic E-state index is 0.101. The number of para-hydroxylation sites is 1. The van der Waals surface area contributed by atoms with E-state index in [-0.39, 0.29) is 11.4 Å². The molecule has 3 aromatic rings. The maximum atomic E-state index is 13.2. The Morgan fingerprint density at radius 2 is 1.85 bits per heavy atom. The minimum Gasteiger partial charge on any atom is -0.371 e. The van der Waals surface area contributed by atoms with Crippen molar-refractivity contribution in [3.05, 3.63) is 77.1 Å². The maximum absolute atomic E-state index is 13.2. The molecule has 3 heteroatoms. The highest BCUT2D eigenvalue weighted by Gasteiger charge is 2.40. The first-order valence-corrected chi connectivity index (χ1v) is 9.19. The predicted octanol–water partition coefficient (Wildman–Crippen LogP) is 5.02. The van der Waals surface area contributed by atoms with E-state index in [0.717, 1.165) is 53.1 Å². The van der Waals surface area contributed by atoms with E-state index in [4.69, 9.17) is 4.74 Å². The van der Waals surface area contributed by atoms with Crippen LogP contribution in [0, 0.1) is 6.92 Å². The van der Waals surface area contributed by atoms with Gasteiger partial charge in [-0.2, -0.15) is 0 Å². The van der Waals surface area contributed by atoms with Crippen molar-refractivity contribution in [3.63, 3.8) is 0 Å². The number of hydrogen-bond donors (Lipinski definition) is 0. The van der Waals surface area contributed by atoms with Gasteiger partial charge in [0.15, 0.2) is 0 Å². The monoisotopic (exact) mass is 343 g/mol. The fourth-order valence-corrected chi connectivity index (χ4v) is 4.33. The number of aromatic nitrogens is 1. The molecule has 3 nitrogen and oxygen atoms in total. The molecule has 1 unspecified atom stereocenters. The van der Waals surface area contributed by atoms with E-state index < -0.39 is 0 Å². The van der Waals surface area contributed by atoms with E-state index in [2.05, 4.69) is 48.9 Å². The van der Waals surface area contributed by atoms with E-state index in [0.29, 0.717) is 0 Å². The summed E-state index contributed by atoms with van der Waals surface area (Å²) in [6.07, 6.45) is 4.15. The number of rotatable bonds is 2. The Morgan fingerprint density at radius 3 is 2.58 bits per heavy atom. The van der Waals surface area contributed by atoms with Crippen molar-refractivity contribution in [2.45, 2.75) is 32.3 Å². The quantitative estimate of drug-likeness (QED) is 0.511. The van der Waals surface area contributed by atoms with E-state index in [9.17, 15) is 4.79 Å². The number of carbonyl (C=O) groups is 1. The second kappa shape index (κ2) is 5.42. The van der Waals surface area contributed by atoms with Gasteiger partial charge in [-0.1, -0.05) is 42.0 Å². The number of fused-ring (bicyclic) bond motifs is 3. The van der Waals surface area contributed by atoms with Gasteiger partial charge in [-0.15, -0.1) is 0 Å². The molecule has 2 aliphatic rings. The molecule has 0 spiro atoms. The lowest BCUT2D eigenvalue weighted by Gasteiger charge is -2.24. The molecule has 0 amide bonds. The summed E-state index contributed by atoms with van der Waals surface area (Å²) in [7, 11) is 0. The first-order valence-electron chi connectivity index (χ1n) is 9.19. The molecule has 26 heavy (non-hydrogen) atoms. The van der Waals surface area contributed by atoms with Crippen molar-refractivity contribution in [1.82, 2.24) is 4.57 Å². The molecular weight excluding hydrogens is 322 g/mol. The van der Waals surface area contributed by atoms with Crippen LogP contribution in [0.5, 0.6) is 0 Å². The molecule has 0 bridgehead atoms. The van der Waals surface area contributed by atoms with Crippen LogP contribution in [-0.2, 0) is 10.3 Å². The van der Waals surface area contributed by atoms with Crippen LogP contribution < -0.4 is 0 Å². The zero-order valence-electron chi connectivity index (χ0n) is 15.1. The van der Waals surface area contributed by atoms with Crippen LogP contribution in [0.4, 0.5) is 0 Å². The maximum Gasteiger partial charge on any atom is 0.212 e. The van der Waals surface area contributed by atoms with Crippen molar-refractivity contribution < 1.29 is 9.53 Å². The van der Waals surface area contributed by atoms with E-state index in [1.807, 2.05) is 24.3 Å². The summed E-state index contributed by atoms with van der Waals surface area (Å²) in [5, 5.41) is 0. The van der Waals surface area contributed by atoms with Gasteiger partial charge < -0.3 is 9.30 Å². The van der Waals surface area contributed by atoms with Gasteiger partial charge in [0.2, 0.25) is 5.78 Å². The Labute approximate surface area is 153 Å². The third-order valence-corrected chi connectivity index (χ3v) is 5.76. The fraction of sp³-hybridized carbons (Fsp3) is 0.261. The lowest BCUT2D eigenvalue weighted by atomic mass is 9.87. The van der Waals surface area contributed by atoms with E-state index >= 15 is 0 Å². The van der Waals surface area contributed by atoms with Gasteiger partial charge in [-0.3, -0.25) is 4.79 Å². The van der Waals surface area contributed by atoms with E-state index in [1.54, 1.807) is 0 Å². The van der Waals surface area contributed by atoms with Crippen LogP contribution in [0.1, 0.15) is 46.9 Å². The van der Waals surface area contributed by atoms with Crippen molar-refractivity contribution >= 4 is 5.78 Å². The highest BCUT2D eigenvalue weighted by Crippen LogP contribution is 2.46. The van der Waals surface area contributed by atoms with Gasteiger partial charge in [0.1, 0.15) is 5.69 Å². The van der Waals surface area contributed by atoms with Crippen LogP contribution in [0.25, 0.3) is 16.8 Å². The summed E-state index contributed by atoms with van der Waals surface area (Å²) < 4.78 is 8.21. The Bertz CT molecular complexity index is 1020. The normalized spacial score (nSPS) is 21.1. The Balaban J connectivity index is 1.81. The van der Waals surface area contributed by atoms with Gasteiger partial charge in [0, 0.05) is 29.5 Å². The summed E-state index contributed by atoms with van der Waals surface area (Å²) in [6.45, 7) is 5.01. The molecule has 130 valence electrons. The van der Waals surface area contributed by atoms with Gasteiger partial charge in [0.05, 0.1) is 11.3 Å². The van der Waals surface area contributed by atoms with Crippen LogP contribution in [0.3, 0.4) is 0 Å². The fourth-order valence-electron chi connectivity index (χ4n) is 4.33. The van der Waals surface area contributed by atoms with Crippen molar-refractivity contribution in [3.8, 4) is 16.8 Å². The lowest BCUT2D eigenvalue weighted by Crippen LogP contribution is -2.20. The zero-order chi connectivity index (χ0) is 17.9. The Morgan fingerprint density at radius 1 is 1.08 bits per heavy atom. The van der Waals surface area contributed by atoms with Crippen molar-refractivity contribution in [1.29, 1.82) is 0 Å². The molecular formula is C23H21NO2. The molecule has 3 heterocycles. The summed E-state index contributed by atoms with van der Waals surface area (Å²) in [4.78, 5) is 13.2. The topological polar surface area (TPSA) is 31.2 Å². The minimum atomic E-state index is -0.340. The molecule has 0 radical (unpaired) electrons. The lowest BCUT2D eigenvalue weighted by molar-refractivity contribution is 0.0173. The highest BCUT2D eigenvalue weighted by molar-refractivity contribution is 6.17. The molecule has 1 saturated heterocycles. The van der Waals surface area contributed by atoms with Crippen LogP contribution in [-0.4, -0.2) is 17.0 Å². The van der Waals surface area contributed by atoms with Gasteiger partial charge in [-0.25, -0.2) is 0 Å². The first kappa shape index (κ1) is 15.6. The van der Waals surface area contributed by atoms with Gasteiger partial charge in [0.25, 0.3) is 0 Å². The zero-order valence-corrected chi connectivity index (χ0v) is 15.1. The SMILES string of the molecule is Cc1ccc(-c2c(C3(C)CCCO3)cn3c2C(=O)c2ccccc2-3)cc1. The number of ether oxygens (including phenoxy) is 1. The summed E-state index contributed by atoms with van der Waals surface area (Å²) >= 11 is 0. The van der Waals surface area contributed by atoms with Gasteiger partial charge in [-0.05, 0) is 44.4 Å². The van der Waals surface area contributed by atoms with Crippen LogP contribution in [0.15, 0.2) is 54.7 Å². The standard InChI is InChI=1S/C23H21NO2/c1-15-8-10-16(11-9-15)20-18(23(2)12-5-13-26-23)14-24-19-7-4-3-6-17(19)22(25)21(20)24/h3-4,6-11,14H,5,12-13H2,1-2H3. The third-order valence-electron chi connectivity index (χ3n) is 5.76. The van der Waals surface area contributed by atoms with Gasteiger partial charge >= 0.3 is 0 Å². The summed E-state index contributed by atoms with van der Waals surface area (Å²) in [5.41, 5.74) is 6.61. The predicted molar refractivity (Wildman–Crippen MR) is 102 cm³/mol. The van der Waals surface area contributed by atoms with Crippen LogP contribution in [0.2, 0.25) is 0 Å². The number of aryl methyl sites for hydroxylation is 1. The van der Waals surface area contributed by atoms with E-state index in [1.165, 1.54) is 5.56 Å². The number of nitrogens with zero attached hydrogens (tertiary/aromatic N) is 1. The first-order chi connectivity index (χ1) is 12.6. The molecule has 0 N–H and O–H groups in total. The number of hydrogen-bond acceptors (Lipinski definition) is 2. The molecule has 0 aliphatic carbocycles. The molecule has 2 aliphatic heterocycles. The van der Waals surface area contributed by atoms with Crippen LogP contribution >= 0.6 is 0 Å². The highest BCUT2D eigenvalue weighted by atomic mass is 16.5. The molecule has 1 fully saturated rings. The molecule has 0 saturated carbocycles. The average Bonchev–Trinajstić information content (AvgIpc) is 3.32. The molecule has 1 atom stereocenters. The Hall–Kier alpha value is -2.65. The average molecular weight is 343 g/mol. The van der Waals surface area contributed by atoms with Crippen molar-refractivity contribution in [2.75, 3.05) is 6.61 Å². The smallest absolute Gasteiger partial charge is 0.212 e. The molecule has 2 aromatic carbocycles. The molecule has 5 rings (SSSR count). The second-order valence-corrected chi connectivity index (χ2v) is 7.53. The second-order valence-electron chi connectivity index (χ2n) is 7.53.